The van der Waals surface area contributed by atoms with Crippen molar-refractivity contribution in [2.75, 3.05) is 11.9 Å². The summed E-state index contributed by atoms with van der Waals surface area (Å²) >= 11 is 0. The molecule has 4 rings (SSSR count). The van der Waals surface area contributed by atoms with Crippen LogP contribution in [0.1, 0.15) is 46.6 Å². The Hall–Kier alpha value is -3.41. The van der Waals surface area contributed by atoms with Gasteiger partial charge in [0.05, 0.1) is 0 Å². The highest BCUT2D eigenvalue weighted by Crippen LogP contribution is 2.33. The van der Waals surface area contributed by atoms with E-state index in [1.54, 1.807) is 18.0 Å². The van der Waals surface area contributed by atoms with Crippen molar-refractivity contribution in [1.29, 1.82) is 0 Å². The van der Waals surface area contributed by atoms with Crippen LogP contribution in [-0.2, 0) is 11.2 Å². The van der Waals surface area contributed by atoms with E-state index in [0.717, 1.165) is 16.8 Å². The van der Waals surface area contributed by atoms with E-state index in [1.807, 2.05) is 54.6 Å². The largest absolute Gasteiger partial charge is 0.360 e. The van der Waals surface area contributed by atoms with Gasteiger partial charge in [0, 0.05) is 25.2 Å². The monoisotopic (exact) mass is 389 g/mol. The van der Waals surface area contributed by atoms with Gasteiger partial charge in [-0.3, -0.25) is 9.59 Å². The molecule has 1 aromatic heterocycles. The van der Waals surface area contributed by atoms with Gasteiger partial charge in [0.25, 0.3) is 5.91 Å². The first kappa shape index (κ1) is 18.9. The zero-order valence-electron chi connectivity index (χ0n) is 16.5. The van der Waals surface area contributed by atoms with E-state index < -0.39 is 11.9 Å². The first-order valence-corrected chi connectivity index (χ1v) is 9.70. The molecule has 0 spiro atoms. The van der Waals surface area contributed by atoms with Gasteiger partial charge in [-0.05, 0) is 29.5 Å². The van der Waals surface area contributed by atoms with Crippen LogP contribution in [0.5, 0.6) is 0 Å². The normalized spacial score (nSPS) is 18.8. The molecule has 0 radical (unpaired) electrons. The number of amides is 2. The Morgan fingerprint density at radius 3 is 2.69 bits per heavy atom. The van der Waals surface area contributed by atoms with Crippen molar-refractivity contribution in [3.63, 3.8) is 0 Å². The molecule has 0 saturated carbocycles. The van der Waals surface area contributed by atoms with Gasteiger partial charge in [-0.1, -0.05) is 60.6 Å². The molecule has 148 valence electrons. The zero-order chi connectivity index (χ0) is 20.4. The van der Waals surface area contributed by atoms with E-state index >= 15 is 0 Å². The number of para-hydroxylation sites is 1. The van der Waals surface area contributed by atoms with Crippen molar-refractivity contribution >= 4 is 17.5 Å². The van der Waals surface area contributed by atoms with E-state index in [9.17, 15) is 9.59 Å². The fraction of sp³-hybridized carbons (Fsp3) is 0.261. The molecule has 0 bridgehead atoms. The van der Waals surface area contributed by atoms with E-state index in [0.29, 0.717) is 18.6 Å². The Labute approximate surface area is 169 Å². The summed E-state index contributed by atoms with van der Waals surface area (Å²) in [6.07, 6.45) is 1.08. The molecule has 1 aliphatic heterocycles. The lowest BCUT2D eigenvalue weighted by molar-refractivity contribution is -0.120. The maximum atomic E-state index is 12.9. The summed E-state index contributed by atoms with van der Waals surface area (Å²) in [5, 5.41) is 6.74. The van der Waals surface area contributed by atoms with Gasteiger partial charge in [0.1, 0.15) is 11.8 Å². The Balaban J connectivity index is 1.48. The number of likely N-dealkylation sites (N-methyl/N-ethyl adjacent to an activating group) is 1. The number of aromatic nitrogens is 1. The van der Waals surface area contributed by atoms with Crippen LogP contribution in [-0.4, -0.2) is 30.1 Å². The molecule has 3 aromatic rings. The van der Waals surface area contributed by atoms with Gasteiger partial charge in [-0.2, -0.15) is 0 Å². The summed E-state index contributed by atoms with van der Waals surface area (Å²) in [4.78, 5) is 27.3. The maximum absolute atomic E-state index is 12.9. The van der Waals surface area contributed by atoms with Crippen LogP contribution in [0.25, 0.3) is 0 Å². The molecular formula is C23H23N3O3. The molecule has 2 aromatic carbocycles. The minimum Gasteiger partial charge on any atom is -0.360 e. The van der Waals surface area contributed by atoms with Gasteiger partial charge in [0.2, 0.25) is 5.91 Å². The van der Waals surface area contributed by atoms with Crippen molar-refractivity contribution < 1.29 is 14.1 Å². The molecule has 2 heterocycles. The van der Waals surface area contributed by atoms with Crippen LogP contribution in [0.4, 0.5) is 5.69 Å². The Morgan fingerprint density at radius 2 is 1.90 bits per heavy atom. The van der Waals surface area contributed by atoms with Crippen LogP contribution in [0.3, 0.4) is 0 Å². The van der Waals surface area contributed by atoms with Crippen LogP contribution in [0.15, 0.2) is 65.2 Å². The predicted octanol–water partition coefficient (Wildman–Crippen LogP) is 3.53. The second-order valence-electron chi connectivity index (χ2n) is 7.46. The number of carbonyl (C=O) groups is 2. The van der Waals surface area contributed by atoms with Gasteiger partial charge in [0.15, 0.2) is 5.69 Å². The molecule has 0 fully saturated rings. The summed E-state index contributed by atoms with van der Waals surface area (Å²) in [6.45, 7) is 2.07. The molecule has 1 aliphatic rings. The van der Waals surface area contributed by atoms with Crippen molar-refractivity contribution in [2.45, 2.75) is 31.7 Å². The number of anilines is 1. The number of hydrogen-bond donors (Lipinski definition) is 1. The minimum absolute atomic E-state index is 0.136. The van der Waals surface area contributed by atoms with Gasteiger partial charge < -0.3 is 14.7 Å². The Morgan fingerprint density at radius 1 is 1.17 bits per heavy atom. The second kappa shape index (κ2) is 7.91. The van der Waals surface area contributed by atoms with Crippen molar-refractivity contribution in [3.8, 4) is 0 Å². The van der Waals surface area contributed by atoms with E-state index in [1.165, 1.54) is 0 Å². The van der Waals surface area contributed by atoms with Crippen LogP contribution < -0.4 is 10.2 Å². The zero-order valence-corrected chi connectivity index (χ0v) is 16.5. The SMILES string of the molecule is CC1C[C@H](NC(=O)c2cc(Cc3ccccc3)on2)C(=O)N(C)c2ccccc21. The number of hydrogen-bond acceptors (Lipinski definition) is 4. The predicted molar refractivity (Wildman–Crippen MR) is 110 cm³/mol. The van der Waals surface area contributed by atoms with E-state index in [-0.39, 0.29) is 17.5 Å². The molecule has 1 N–H and O–H groups in total. The highest BCUT2D eigenvalue weighted by molar-refractivity contribution is 6.02. The molecule has 6 heteroatoms. The van der Waals surface area contributed by atoms with Gasteiger partial charge >= 0.3 is 0 Å². The van der Waals surface area contributed by atoms with Crippen LogP contribution in [0, 0.1) is 0 Å². The quantitative estimate of drug-likeness (QED) is 0.741. The lowest BCUT2D eigenvalue weighted by Crippen LogP contribution is -2.47. The van der Waals surface area contributed by atoms with E-state index in [4.69, 9.17) is 4.52 Å². The molecule has 6 nitrogen and oxygen atoms in total. The minimum atomic E-state index is -0.621. The van der Waals surface area contributed by atoms with Crippen LogP contribution in [0.2, 0.25) is 0 Å². The first-order chi connectivity index (χ1) is 14.0. The molecular weight excluding hydrogens is 366 g/mol. The summed E-state index contributed by atoms with van der Waals surface area (Å²) in [6, 6.07) is 18.7. The topological polar surface area (TPSA) is 75.4 Å². The third-order valence-electron chi connectivity index (χ3n) is 5.37. The summed E-state index contributed by atoms with van der Waals surface area (Å²) in [5.41, 5.74) is 3.24. The fourth-order valence-electron chi connectivity index (χ4n) is 3.80. The molecule has 29 heavy (non-hydrogen) atoms. The van der Waals surface area contributed by atoms with Crippen molar-refractivity contribution in [3.05, 3.63) is 83.2 Å². The smallest absolute Gasteiger partial charge is 0.274 e. The third-order valence-corrected chi connectivity index (χ3v) is 5.37. The van der Waals surface area contributed by atoms with E-state index in [2.05, 4.69) is 17.4 Å². The number of nitrogens with one attached hydrogen (secondary N) is 1. The average Bonchev–Trinajstić information content (AvgIpc) is 3.18. The molecule has 0 aliphatic carbocycles. The summed E-state index contributed by atoms with van der Waals surface area (Å²) < 4.78 is 5.32. The summed E-state index contributed by atoms with van der Waals surface area (Å²) in [5.74, 6) is 0.198. The average molecular weight is 389 g/mol. The number of fused-ring (bicyclic) bond motifs is 1. The lowest BCUT2D eigenvalue weighted by atomic mass is 9.94. The van der Waals surface area contributed by atoms with Gasteiger partial charge in [-0.15, -0.1) is 0 Å². The molecule has 2 atom stereocenters. The number of nitrogens with zero attached hydrogens (tertiary/aromatic N) is 2. The highest BCUT2D eigenvalue weighted by atomic mass is 16.5. The molecule has 2 amide bonds. The maximum Gasteiger partial charge on any atom is 0.274 e. The second-order valence-corrected chi connectivity index (χ2v) is 7.46. The van der Waals surface area contributed by atoms with Crippen LogP contribution >= 0.6 is 0 Å². The summed E-state index contributed by atoms with van der Waals surface area (Å²) in [7, 11) is 1.74. The fourth-order valence-corrected chi connectivity index (χ4v) is 3.80. The van der Waals surface area contributed by atoms with Gasteiger partial charge in [-0.25, -0.2) is 0 Å². The third kappa shape index (κ3) is 3.92. The standard InChI is InChI=1S/C23H23N3O3/c1-15-12-20(23(28)26(2)21-11-7-6-10-18(15)21)24-22(27)19-14-17(29-25-19)13-16-8-4-3-5-9-16/h3-11,14-15,20H,12-13H2,1-2H3,(H,24,27)/t15?,20-/m0/s1. The number of carbonyl (C=O) groups excluding carboxylic acids is 2. The first-order valence-electron chi connectivity index (χ1n) is 9.70. The Bertz CT molecular complexity index is 1030. The van der Waals surface area contributed by atoms with Crippen molar-refractivity contribution in [2.24, 2.45) is 0 Å². The Kier molecular flexibility index (Phi) is 5.16. The lowest BCUT2D eigenvalue weighted by Gasteiger charge is -2.21. The number of rotatable bonds is 4. The molecule has 0 saturated heterocycles. The molecule has 1 unspecified atom stereocenters. The highest BCUT2D eigenvalue weighted by Gasteiger charge is 2.33. The number of benzene rings is 2. The van der Waals surface area contributed by atoms with Crippen molar-refractivity contribution in [1.82, 2.24) is 10.5 Å².